The van der Waals surface area contributed by atoms with Gasteiger partial charge < -0.3 is 0 Å². The van der Waals surface area contributed by atoms with Crippen molar-refractivity contribution in [2.75, 3.05) is 0 Å². The van der Waals surface area contributed by atoms with Crippen molar-refractivity contribution < 1.29 is 17.1 Å². The Labute approximate surface area is 130 Å². The van der Waals surface area contributed by atoms with Crippen molar-refractivity contribution in [2.45, 2.75) is 6.42 Å². The molecule has 0 aliphatic carbocycles. The molecule has 0 aliphatic heterocycles. The van der Waals surface area contributed by atoms with Gasteiger partial charge in [-0.3, -0.25) is 0 Å². The molecule has 0 saturated heterocycles. The summed E-state index contributed by atoms with van der Waals surface area (Å²) in [5.41, 5.74) is 2.50. The van der Waals surface area contributed by atoms with Crippen LogP contribution in [-0.2, 0) is 23.5 Å². The summed E-state index contributed by atoms with van der Waals surface area (Å²) in [6.07, 6.45) is 0.923. The maximum atomic E-state index is 6.04. The van der Waals surface area contributed by atoms with E-state index >= 15 is 0 Å². The Morgan fingerprint density at radius 3 is 2.11 bits per heavy atom. The second kappa shape index (κ2) is 8.77. The molecule has 3 aromatic rings. The fourth-order valence-corrected chi connectivity index (χ4v) is 1.92. The van der Waals surface area contributed by atoms with Gasteiger partial charge in [-0.25, -0.2) is 24.3 Å². The van der Waals surface area contributed by atoms with Crippen LogP contribution in [0.1, 0.15) is 11.1 Å². The van der Waals surface area contributed by atoms with Gasteiger partial charge in [0.2, 0.25) is 0 Å². The van der Waals surface area contributed by atoms with Crippen molar-refractivity contribution in [1.82, 2.24) is 0 Å². The standard InChI is InChI=1S/C12H10Cl.C5H5.Fe/c13-12-8-4-3-7-11(12)9-10-5-1-2-6-10;1-2-4-5-3-1;/h1-8H,9H2;1-5H;/q2*-1;+2. The second-order valence-electron chi connectivity index (χ2n) is 4.02. The Bertz CT molecular complexity index is 521. The third-order valence-electron chi connectivity index (χ3n) is 2.64. The summed E-state index contributed by atoms with van der Waals surface area (Å²) in [4.78, 5) is 0. The van der Waals surface area contributed by atoms with E-state index in [1.807, 2.05) is 60.7 Å². The van der Waals surface area contributed by atoms with Gasteiger partial charge in [-0.15, -0.1) is 0 Å². The van der Waals surface area contributed by atoms with Crippen LogP contribution in [0.15, 0.2) is 78.9 Å². The maximum absolute atomic E-state index is 6.04. The first-order valence-corrected chi connectivity index (χ1v) is 6.35. The predicted octanol–water partition coefficient (Wildman–Crippen LogP) is 5.05. The van der Waals surface area contributed by atoms with E-state index < -0.39 is 0 Å². The van der Waals surface area contributed by atoms with Gasteiger partial charge >= 0.3 is 17.1 Å². The van der Waals surface area contributed by atoms with Crippen LogP contribution >= 0.6 is 11.6 Å². The quantitative estimate of drug-likeness (QED) is 0.459. The molecule has 0 atom stereocenters. The fourth-order valence-electron chi connectivity index (χ4n) is 1.71. The van der Waals surface area contributed by atoms with Crippen LogP contribution in [-0.4, -0.2) is 0 Å². The number of rotatable bonds is 2. The minimum absolute atomic E-state index is 0. The SMILES string of the molecule is Clc1ccccc1Cc1ccc[cH-]1.[Fe+2].c1cc[cH-]c1. The van der Waals surface area contributed by atoms with Crippen LogP contribution in [0.5, 0.6) is 0 Å². The molecule has 98 valence electrons. The van der Waals surface area contributed by atoms with Crippen LogP contribution in [0.4, 0.5) is 0 Å². The molecule has 19 heavy (non-hydrogen) atoms. The maximum Gasteiger partial charge on any atom is 2.00 e. The number of hydrogen-bond donors (Lipinski definition) is 0. The first-order valence-electron chi connectivity index (χ1n) is 5.97. The smallest absolute Gasteiger partial charge is 0.214 e. The zero-order chi connectivity index (χ0) is 12.6. The van der Waals surface area contributed by atoms with Gasteiger partial charge in [0.1, 0.15) is 0 Å². The van der Waals surface area contributed by atoms with E-state index in [0.29, 0.717) is 0 Å². The molecule has 0 radical (unpaired) electrons. The molecule has 0 nitrogen and oxygen atoms in total. The molecule has 0 N–H and O–H groups in total. The molecule has 0 saturated carbocycles. The molecule has 0 heterocycles. The molecule has 0 bridgehead atoms. The molecule has 0 amide bonds. The molecule has 3 rings (SSSR count). The summed E-state index contributed by atoms with van der Waals surface area (Å²) < 4.78 is 0. The number of benzene rings is 1. The first-order chi connectivity index (χ1) is 8.86. The van der Waals surface area contributed by atoms with Gasteiger partial charge in [-0.05, 0) is 18.1 Å². The summed E-state index contributed by atoms with van der Waals surface area (Å²) in [6.45, 7) is 0. The van der Waals surface area contributed by atoms with Crippen LogP contribution < -0.4 is 0 Å². The third-order valence-corrected chi connectivity index (χ3v) is 3.01. The largest absolute Gasteiger partial charge is 2.00 e. The van der Waals surface area contributed by atoms with Gasteiger partial charge in [-0.2, -0.15) is 35.9 Å². The van der Waals surface area contributed by atoms with Crippen molar-refractivity contribution >= 4 is 11.6 Å². The van der Waals surface area contributed by atoms with E-state index in [9.17, 15) is 0 Å². The van der Waals surface area contributed by atoms with E-state index in [4.69, 9.17) is 11.6 Å². The summed E-state index contributed by atoms with van der Waals surface area (Å²) >= 11 is 6.04. The Morgan fingerprint density at radius 2 is 1.58 bits per heavy atom. The van der Waals surface area contributed by atoms with Gasteiger partial charge in [0.05, 0.1) is 0 Å². The zero-order valence-corrected chi connectivity index (χ0v) is 12.3. The fraction of sp³-hybridized carbons (Fsp3) is 0.0588. The van der Waals surface area contributed by atoms with Gasteiger partial charge in [0.15, 0.2) is 0 Å². The van der Waals surface area contributed by atoms with Crippen molar-refractivity contribution in [3.05, 3.63) is 95.0 Å². The van der Waals surface area contributed by atoms with Crippen molar-refractivity contribution in [3.8, 4) is 0 Å². The molecular formula is C17H15ClFe. The topological polar surface area (TPSA) is 0 Å². The number of halogens is 1. The van der Waals surface area contributed by atoms with E-state index in [1.165, 1.54) is 11.1 Å². The van der Waals surface area contributed by atoms with E-state index in [-0.39, 0.29) is 17.1 Å². The van der Waals surface area contributed by atoms with Crippen molar-refractivity contribution in [2.24, 2.45) is 0 Å². The minimum atomic E-state index is 0. The summed E-state index contributed by atoms with van der Waals surface area (Å²) in [7, 11) is 0. The Kier molecular flexibility index (Phi) is 7.28. The molecule has 0 spiro atoms. The predicted molar refractivity (Wildman–Crippen MR) is 78.3 cm³/mol. The van der Waals surface area contributed by atoms with Gasteiger partial charge in [-0.1, -0.05) is 29.8 Å². The Balaban J connectivity index is 0.000000256. The van der Waals surface area contributed by atoms with E-state index in [0.717, 1.165) is 11.4 Å². The molecule has 2 heteroatoms. The van der Waals surface area contributed by atoms with Crippen molar-refractivity contribution in [1.29, 1.82) is 0 Å². The summed E-state index contributed by atoms with van der Waals surface area (Å²) in [5.74, 6) is 0. The molecule has 0 fully saturated rings. The van der Waals surface area contributed by atoms with Crippen LogP contribution in [0.3, 0.4) is 0 Å². The molecule has 0 aromatic heterocycles. The molecule has 0 unspecified atom stereocenters. The van der Waals surface area contributed by atoms with Crippen LogP contribution in [0.25, 0.3) is 0 Å². The normalized spacial score (nSPS) is 9.11. The monoisotopic (exact) mass is 310 g/mol. The van der Waals surface area contributed by atoms with E-state index in [1.54, 1.807) is 0 Å². The molecular weight excluding hydrogens is 295 g/mol. The van der Waals surface area contributed by atoms with E-state index in [2.05, 4.69) is 18.2 Å². The minimum Gasteiger partial charge on any atom is -0.214 e. The molecule has 3 aromatic carbocycles. The van der Waals surface area contributed by atoms with Gasteiger partial charge in [0, 0.05) is 5.02 Å². The van der Waals surface area contributed by atoms with Gasteiger partial charge in [0.25, 0.3) is 0 Å². The number of hydrogen-bond acceptors (Lipinski definition) is 0. The summed E-state index contributed by atoms with van der Waals surface area (Å²) in [6, 6.07) is 26.3. The average molecular weight is 311 g/mol. The van der Waals surface area contributed by atoms with Crippen LogP contribution in [0, 0.1) is 0 Å². The van der Waals surface area contributed by atoms with Crippen molar-refractivity contribution in [3.63, 3.8) is 0 Å². The van der Waals surface area contributed by atoms with Crippen LogP contribution in [0.2, 0.25) is 5.02 Å². The average Bonchev–Trinajstić information content (AvgIpc) is 3.06. The summed E-state index contributed by atoms with van der Waals surface area (Å²) in [5, 5.41) is 0.851. The Morgan fingerprint density at radius 1 is 0.842 bits per heavy atom. The molecule has 0 aliphatic rings. The third kappa shape index (κ3) is 5.48. The second-order valence-corrected chi connectivity index (χ2v) is 4.43. The zero-order valence-electron chi connectivity index (χ0n) is 10.4. The first kappa shape index (κ1) is 15.8. The Hall–Kier alpha value is -1.27.